The summed E-state index contributed by atoms with van der Waals surface area (Å²) in [6, 6.07) is 2.27. The van der Waals surface area contributed by atoms with Crippen LogP contribution in [0.4, 0.5) is 8.78 Å². The monoisotopic (exact) mass is 345 g/mol. The number of nitrogens with zero attached hydrogens (tertiary/aromatic N) is 1. The number of aliphatic hydroxyl groups excluding tert-OH is 1. The molecule has 1 aromatic heterocycles. The van der Waals surface area contributed by atoms with Crippen molar-refractivity contribution in [3.05, 3.63) is 44.1 Å². The van der Waals surface area contributed by atoms with Gasteiger partial charge < -0.3 is 10.1 Å². The van der Waals surface area contributed by atoms with Gasteiger partial charge in [-0.3, -0.25) is 9.63 Å². The zero-order chi connectivity index (χ0) is 17.4. The maximum atomic E-state index is 13.8. The van der Waals surface area contributed by atoms with Gasteiger partial charge >= 0.3 is 5.69 Å². The Kier molecular flexibility index (Phi) is 4.81. The molecule has 2 aromatic rings. The molecule has 3 N–H and O–H groups in total. The first-order chi connectivity index (χ1) is 10.7. The molecule has 9 heteroatoms. The van der Waals surface area contributed by atoms with Crippen LogP contribution in [-0.2, 0) is 5.92 Å². The van der Waals surface area contributed by atoms with Crippen LogP contribution in [0.3, 0.4) is 0 Å². The predicted octanol–water partition coefficient (Wildman–Crippen LogP) is 2.07. The van der Waals surface area contributed by atoms with E-state index in [1.807, 2.05) is 0 Å². The largest absolute Gasteiger partial charge is 0.388 e. The minimum absolute atomic E-state index is 0.00253. The van der Waals surface area contributed by atoms with E-state index in [1.54, 1.807) is 13.2 Å². The normalized spacial score (nSPS) is 13.3. The first kappa shape index (κ1) is 17.5. The number of hydrogen-bond donors (Lipinski definition) is 3. The first-order valence-corrected chi connectivity index (χ1v) is 8.11. The van der Waals surface area contributed by atoms with Gasteiger partial charge in [-0.15, -0.1) is 0 Å². The first-order valence-electron chi connectivity index (χ1n) is 6.89. The highest BCUT2D eigenvalue weighted by atomic mass is 32.2. The quantitative estimate of drug-likeness (QED) is 0.722. The highest BCUT2D eigenvalue weighted by molar-refractivity contribution is 7.99. The van der Waals surface area contributed by atoms with Gasteiger partial charge in [-0.25, -0.2) is 13.6 Å². The summed E-state index contributed by atoms with van der Waals surface area (Å²) in [5.74, 6) is -3.22. The Hall–Kier alpha value is -1.87. The molecule has 2 rings (SSSR count). The highest BCUT2D eigenvalue weighted by Crippen LogP contribution is 2.35. The van der Waals surface area contributed by atoms with Crippen LogP contribution in [-0.4, -0.2) is 21.0 Å². The molecule has 0 saturated carbocycles. The van der Waals surface area contributed by atoms with Gasteiger partial charge in [0.2, 0.25) is 0 Å². The van der Waals surface area contributed by atoms with Gasteiger partial charge in [-0.05, 0) is 36.1 Å². The Bertz CT molecular complexity index is 842. The van der Waals surface area contributed by atoms with Crippen molar-refractivity contribution in [1.29, 1.82) is 0 Å². The van der Waals surface area contributed by atoms with Crippen molar-refractivity contribution in [3.8, 4) is 0 Å². The van der Waals surface area contributed by atoms with Crippen molar-refractivity contribution in [3.63, 3.8) is 0 Å². The summed E-state index contributed by atoms with van der Waals surface area (Å²) in [5, 5.41) is 10.1. The lowest BCUT2D eigenvalue weighted by Gasteiger charge is -2.20. The molecule has 0 radical (unpaired) electrons. The van der Waals surface area contributed by atoms with Crippen molar-refractivity contribution in [1.82, 2.24) is 9.66 Å². The maximum Gasteiger partial charge on any atom is 0.348 e. The van der Waals surface area contributed by atoms with E-state index in [2.05, 4.69) is 9.82 Å². The Morgan fingerprint density at radius 2 is 2.09 bits per heavy atom. The number of nitrogens with one attached hydrogen (secondary N) is 2. The molecule has 1 heterocycles. The number of aliphatic hydroxyl groups is 1. The van der Waals surface area contributed by atoms with Crippen LogP contribution in [0.5, 0.6) is 0 Å². The maximum absolute atomic E-state index is 13.8. The molecular weight excluding hydrogens is 328 g/mol. The molecule has 0 aliphatic heterocycles. The second-order valence-electron chi connectivity index (χ2n) is 5.16. The molecule has 0 amide bonds. The van der Waals surface area contributed by atoms with E-state index >= 15 is 0 Å². The summed E-state index contributed by atoms with van der Waals surface area (Å²) in [7, 11) is 0. The van der Waals surface area contributed by atoms with Gasteiger partial charge in [-0.1, -0.05) is 6.92 Å². The fourth-order valence-electron chi connectivity index (χ4n) is 2.33. The van der Waals surface area contributed by atoms with Crippen LogP contribution in [0, 0.1) is 0 Å². The number of rotatable bonds is 5. The Balaban J connectivity index is 2.88. The van der Waals surface area contributed by atoms with Crippen LogP contribution in [0.25, 0.3) is 10.9 Å². The molecule has 6 nitrogen and oxygen atoms in total. The Labute approximate surface area is 134 Å². The lowest BCUT2D eigenvalue weighted by molar-refractivity contribution is 0.0137. The lowest BCUT2D eigenvalue weighted by atomic mass is 9.95. The highest BCUT2D eigenvalue weighted by Gasteiger charge is 2.30. The standard InChI is InChI=1S/C14H17F2N3O3S/c1-4-11(20)7-5-8-10(6-9(7)14(2,15)16)17-13(22)19(12(8)21)18-23-3/h5-6,11,18,20H,4H2,1-3H3,(H,17,22). The van der Waals surface area contributed by atoms with E-state index in [4.69, 9.17) is 0 Å². The minimum Gasteiger partial charge on any atom is -0.388 e. The third kappa shape index (κ3) is 3.25. The molecule has 0 aliphatic carbocycles. The van der Waals surface area contributed by atoms with E-state index in [0.717, 1.165) is 22.7 Å². The van der Waals surface area contributed by atoms with Crippen LogP contribution in [0.15, 0.2) is 21.7 Å². The molecule has 0 saturated heterocycles. The van der Waals surface area contributed by atoms with E-state index in [1.165, 1.54) is 6.07 Å². The summed E-state index contributed by atoms with van der Waals surface area (Å²) >= 11 is 1.04. The molecular formula is C14H17F2N3O3S. The predicted molar refractivity (Wildman–Crippen MR) is 86.5 cm³/mol. The molecule has 0 bridgehead atoms. The molecule has 1 aromatic carbocycles. The summed E-state index contributed by atoms with van der Waals surface area (Å²) in [6.45, 7) is 2.35. The third-order valence-corrected chi connectivity index (χ3v) is 3.83. The number of fused-ring (bicyclic) bond motifs is 1. The molecule has 0 spiro atoms. The average molecular weight is 345 g/mol. The zero-order valence-corrected chi connectivity index (χ0v) is 13.6. The molecule has 0 fully saturated rings. The number of aromatic nitrogens is 2. The second-order valence-corrected chi connectivity index (χ2v) is 5.75. The fraction of sp³-hybridized carbons (Fsp3) is 0.429. The summed E-state index contributed by atoms with van der Waals surface area (Å²) in [4.78, 5) is 29.1. The van der Waals surface area contributed by atoms with Crippen molar-refractivity contribution < 1.29 is 13.9 Å². The van der Waals surface area contributed by atoms with E-state index in [9.17, 15) is 23.5 Å². The summed E-state index contributed by atoms with van der Waals surface area (Å²) < 4.78 is 28.4. The van der Waals surface area contributed by atoms with Gasteiger partial charge in [0.25, 0.3) is 11.5 Å². The molecule has 126 valence electrons. The van der Waals surface area contributed by atoms with Crippen LogP contribution in [0.2, 0.25) is 0 Å². The molecule has 23 heavy (non-hydrogen) atoms. The van der Waals surface area contributed by atoms with Crippen molar-refractivity contribution in [2.24, 2.45) is 0 Å². The average Bonchev–Trinajstić information content (AvgIpc) is 2.48. The SMILES string of the molecule is CCC(O)c1cc2c(=O)n(NSC)c(=O)[nH]c2cc1C(C)(F)F. The van der Waals surface area contributed by atoms with Gasteiger partial charge in [0.05, 0.1) is 17.0 Å². The minimum atomic E-state index is -3.22. The number of benzene rings is 1. The van der Waals surface area contributed by atoms with Crippen LogP contribution < -0.4 is 16.1 Å². The fourth-order valence-corrected chi connectivity index (χ4v) is 2.68. The summed E-state index contributed by atoms with van der Waals surface area (Å²) in [6.07, 6.45) is 0.714. The molecule has 1 atom stereocenters. The topological polar surface area (TPSA) is 87.1 Å². The van der Waals surface area contributed by atoms with Gasteiger partial charge in [0, 0.05) is 18.7 Å². The Morgan fingerprint density at radius 3 is 2.61 bits per heavy atom. The molecule has 0 aliphatic rings. The van der Waals surface area contributed by atoms with Crippen molar-refractivity contribution >= 4 is 22.9 Å². The van der Waals surface area contributed by atoms with Crippen molar-refractivity contribution in [2.75, 3.05) is 11.1 Å². The number of halogens is 2. The van der Waals surface area contributed by atoms with Gasteiger partial charge in [-0.2, -0.15) is 4.68 Å². The Morgan fingerprint density at radius 1 is 1.43 bits per heavy atom. The van der Waals surface area contributed by atoms with Crippen molar-refractivity contribution in [2.45, 2.75) is 32.3 Å². The van der Waals surface area contributed by atoms with Gasteiger partial charge in [0.15, 0.2) is 0 Å². The van der Waals surface area contributed by atoms with Gasteiger partial charge in [0.1, 0.15) is 0 Å². The lowest BCUT2D eigenvalue weighted by Crippen LogP contribution is -2.39. The van der Waals surface area contributed by atoms with E-state index < -0.39 is 28.8 Å². The number of aromatic amines is 1. The van der Waals surface area contributed by atoms with Crippen LogP contribution in [0.1, 0.15) is 37.5 Å². The number of hydrogen-bond acceptors (Lipinski definition) is 5. The van der Waals surface area contributed by atoms with Crippen LogP contribution >= 0.6 is 11.9 Å². The zero-order valence-electron chi connectivity index (χ0n) is 12.8. The second kappa shape index (κ2) is 6.32. The third-order valence-electron chi connectivity index (χ3n) is 3.47. The smallest absolute Gasteiger partial charge is 0.348 e. The van der Waals surface area contributed by atoms with E-state index in [-0.39, 0.29) is 22.9 Å². The number of alkyl halides is 2. The summed E-state index contributed by atoms with van der Waals surface area (Å²) in [5.41, 5.74) is -1.86. The van der Waals surface area contributed by atoms with E-state index in [0.29, 0.717) is 6.92 Å². The number of H-pyrrole nitrogens is 1. The molecule has 1 unspecified atom stereocenters.